The van der Waals surface area contributed by atoms with E-state index in [1.807, 2.05) is 77.7 Å². The molecule has 10 heteroatoms. The van der Waals surface area contributed by atoms with Gasteiger partial charge in [0, 0.05) is 32.4 Å². The highest BCUT2D eigenvalue weighted by atomic mass is 16.5. The van der Waals surface area contributed by atoms with E-state index in [0.29, 0.717) is 44.3 Å². The van der Waals surface area contributed by atoms with Crippen LogP contribution >= 0.6 is 0 Å². The lowest BCUT2D eigenvalue weighted by Crippen LogP contribution is -2.52. The number of carbonyl (C=O) groups excluding carboxylic acids is 4. The van der Waals surface area contributed by atoms with Crippen molar-refractivity contribution in [3.8, 4) is 0 Å². The fourth-order valence-electron chi connectivity index (χ4n) is 7.39. The Labute approximate surface area is 291 Å². The molecule has 3 aromatic carbocycles. The van der Waals surface area contributed by atoms with Crippen molar-refractivity contribution < 1.29 is 23.9 Å². The summed E-state index contributed by atoms with van der Waals surface area (Å²) in [6.07, 6.45) is 3.49. The molecule has 1 aromatic heterocycles. The van der Waals surface area contributed by atoms with Crippen LogP contribution in [0.1, 0.15) is 77.2 Å². The van der Waals surface area contributed by atoms with Gasteiger partial charge in [0.15, 0.2) is 6.04 Å². The van der Waals surface area contributed by atoms with E-state index in [4.69, 9.17) is 4.74 Å². The molecule has 1 fully saturated rings. The van der Waals surface area contributed by atoms with Gasteiger partial charge in [0.1, 0.15) is 5.56 Å². The number of hydrogen-bond acceptors (Lipinski definition) is 6. The number of ether oxygens (including phenoxy) is 1. The van der Waals surface area contributed by atoms with Crippen LogP contribution < -0.4 is 16.2 Å². The number of nitrogens with one attached hydrogen (secondary N) is 2. The van der Waals surface area contributed by atoms with Gasteiger partial charge in [-0.15, -0.1) is 0 Å². The van der Waals surface area contributed by atoms with E-state index in [9.17, 15) is 24.0 Å². The van der Waals surface area contributed by atoms with Gasteiger partial charge in [-0.2, -0.15) is 0 Å². The molecule has 2 aliphatic rings. The van der Waals surface area contributed by atoms with Crippen LogP contribution in [0.15, 0.2) is 108 Å². The number of hydrogen-bond donors (Lipinski definition) is 2. The molecule has 2 N–H and O–H groups in total. The normalized spacial score (nSPS) is 19.5. The molecule has 0 bridgehead atoms. The monoisotopic (exact) mass is 674 g/mol. The van der Waals surface area contributed by atoms with Crippen molar-refractivity contribution in [1.82, 2.24) is 20.1 Å². The standard InChI is InChI=1S/C40H42N4O6/c1-3-50-38(48)34(27-13-6-4-7-14-27)42-39(49)40(28-15-8-5-9-16-28)23-20-31(30-17-10-11-19-33(30)40)37(47)44-25-21-29(22-26-44)41-35(45)32-18-12-24-43(2)36(32)46/h4-19,24,29,31,34H,3,20-23,25-26H2,1-2H3,(H,41,45)(H,42,49)/t31-,34+,40+/m0/s1. The van der Waals surface area contributed by atoms with Gasteiger partial charge in [-0.3, -0.25) is 19.2 Å². The predicted molar refractivity (Wildman–Crippen MR) is 188 cm³/mol. The summed E-state index contributed by atoms with van der Waals surface area (Å²) < 4.78 is 6.76. The van der Waals surface area contributed by atoms with Gasteiger partial charge in [0.05, 0.1) is 17.9 Å². The van der Waals surface area contributed by atoms with Gasteiger partial charge in [0.25, 0.3) is 11.5 Å². The minimum absolute atomic E-state index is 0.0186. The van der Waals surface area contributed by atoms with Crippen LogP contribution in [0, 0.1) is 0 Å². The fraction of sp³-hybridized carbons (Fsp3) is 0.325. The third-order valence-corrected chi connectivity index (χ3v) is 10.00. The topological polar surface area (TPSA) is 127 Å². The van der Waals surface area contributed by atoms with Gasteiger partial charge < -0.3 is 24.8 Å². The number of rotatable bonds is 9. The summed E-state index contributed by atoms with van der Waals surface area (Å²) >= 11 is 0. The second-order valence-electron chi connectivity index (χ2n) is 12.9. The molecule has 1 aliphatic carbocycles. The molecular weight excluding hydrogens is 632 g/mol. The van der Waals surface area contributed by atoms with Crippen molar-refractivity contribution >= 4 is 23.7 Å². The van der Waals surface area contributed by atoms with Crippen LogP contribution in [0.2, 0.25) is 0 Å². The average molecular weight is 675 g/mol. The highest BCUT2D eigenvalue weighted by Gasteiger charge is 2.50. The number of piperidine rings is 1. The number of nitrogens with zero attached hydrogens (tertiary/aromatic N) is 2. The zero-order chi connectivity index (χ0) is 35.3. The number of pyridine rings is 1. The molecule has 0 unspecified atom stereocenters. The fourth-order valence-corrected chi connectivity index (χ4v) is 7.39. The molecule has 0 saturated carbocycles. The molecule has 1 aliphatic heterocycles. The van der Waals surface area contributed by atoms with E-state index in [2.05, 4.69) is 10.6 Å². The van der Waals surface area contributed by atoms with Crippen molar-refractivity contribution in [1.29, 1.82) is 0 Å². The predicted octanol–water partition coefficient (Wildman–Crippen LogP) is 4.39. The van der Waals surface area contributed by atoms with E-state index in [0.717, 1.165) is 16.7 Å². The van der Waals surface area contributed by atoms with E-state index >= 15 is 0 Å². The molecule has 3 amide bonds. The first-order chi connectivity index (χ1) is 24.2. The Balaban J connectivity index is 1.25. The summed E-state index contributed by atoms with van der Waals surface area (Å²) in [7, 11) is 1.61. The number of aryl methyl sites for hydroxylation is 1. The Morgan fingerprint density at radius 2 is 1.52 bits per heavy atom. The summed E-state index contributed by atoms with van der Waals surface area (Å²) in [6.45, 7) is 2.81. The molecule has 4 aromatic rings. The first kappa shape index (κ1) is 34.4. The lowest BCUT2D eigenvalue weighted by Gasteiger charge is -2.43. The molecular formula is C40H42N4O6. The van der Waals surface area contributed by atoms with E-state index in [1.165, 1.54) is 10.6 Å². The Hall–Kier alpha value is -5.51. The van der Waals surface area contributed by atoms with Crippen LogP contribution in [-0.4, -0.2) is 58.9 Å². The van der Waals surface area contributed by atoms with Crippen molar-refractivity contribution in [2.24, 2.45) is 7.05 Å². The number of benzene rings is 3. The molecule has 2 heterocycles. The SMILES string of the molecule is CCOC(=O)[C@H](NC(=O)[C@@]1(c2ccccc2)CC[C@H](C(=O)N2CCC(NC(=O)c3cccn(C)c3=O)CC2)c2ccccc21)c1ccccc1. The van der Waals surface area contributed by atoms with Crippen molar-refractivity contribution in [2.75, 3.05) is 19.7 Å². The van der Waals surface area contributed by atoms with Crippen LogP contribution in [0.3, 0.4) is 0 Å². The Kier molecular flexibility index (Phi) is 10.3. The maximum Gasteiger partial charge on any atom is 0.333 e. The third kappa shape index (κ3) is 6.70. The van der Waals surface area contributed by atoms with Crippen molar-refractivity contribution in [3.05, 3.63) is 141 Å². The van der Waals surface area contributed by atoms with E-state index in [1.54, 1.807) is 38.4 Å². The second kappa shape index (κ2) is 14.9. The minimum Gasteiger partial charge on any atom is -0.464 e. The summed E-state index contributed by atoms with van der Waals surface area (Å²) in [4.78, 5) is 69.3. The number of esters is 1. The van der Waals surface area contributed by atoms with Gasteiger partial charge in [-0.25, -0.2) is 4.79 Å². The first-order valence-corrected chi connectivity index (χ1v) is 17.2. The van der Waals surface area contributed by atoms with Crippen molar-refractivity contribution in [2.45, 2.75) is 56.0 Å². The quantitative estimate of drug-likeness (QED) is 0.254. The summed E-state index contributed by atoms with van der Waals surface area (Å²) in [5.74, 6) is -1.78. The van der Waals surface area contributed by atoms with Gasteiger partial charge >= 0.3 is 5.97 Å². The molecule has 0 radical (unpaired) electrons. The maximum absolute atomic E-state index is 14.8. The largest absolute Gasteiger partial charge is 0.464 e. The lowest BCUT2D eigenvalue weighted by molar-refractivity contribution is -0.148. The Bertz CT molecular complexity index is 1920. The Morgan fingerprint density at radius 3 is 2.22 bits per heavy atom. The highest BCUT2D eigenvalue weighted by molar-refractivity contribution is 5.97. The Morgan fingerprint density at radius 1 is 0.860 bits per heavy atom. The van der Waals surface area contributed by atoms with E-state index < -0.39 is 29.3 Å². The molecule has 0 spiro atoms. The third-order valence-electron chi connectivity index (χ3n) is 10.00. The highest BCUT2D eigenvalue weighted by Crippen LogP contribution is 2.48. The van der Waals surface area contributed by atoms with Crippen molar-refractivity contribution in [3.63, 3.8) is 0 Å². The molecule has 10 nitrogen and oxygen atoms in total. The minimum atomic E-state index is -1.17. The zero-order valence-corrected chi connectivity index (χ0v) is 28.3. The van der Waals surface area contributed by atoms with E-state index in [-0.39, 0.29) is 35.6 Å². The van der Waals surface area contributed by atoms with Crippen LogP contribution in [0.4, 0.5) is 0 Å². The number of aromatic nitrogens is 1. The number of fused-ring (bicyclic) bond motifs is 1. The molecule has 258 valence electrons. The lowest BCUT2D eigenvalue weighted by atomic mass is 9.62. The summed E-state index contributed by atoms with van der Waals surface area (Å²) in [5.41, 5.74) is 1.48. The van der Waals surface area contributed by atoms with Gasteiger partial charge in [-0.05, 0) is 67.0 Å². The summed E-state index contributed by atoms with van der Waals surface area (Å²) in [5, 5.41) is 6.02. The number of carbonyl (C=O) groups is 4. The summed E-state index contributed by atoms with van der Waals surface area (Å²) in [6, 6.07) is 28.2. The van der Waals surface area contributed by atoms with Crippen LogP contribution in [0.5, 0.6) is 0 Å². The second-order valence-corrected chi connectivity index (χ2v) is 12.9. The van der Waals surface area contributed by atoms with Gasteiger partial charge in [-0.1, -0.05) is 84.9 Å². The maximum atomic E-state index is 14.8. The molecule has 3 atom stereocenters. The first-order valence-electron chi connectivity index (χ1n) is 17.2. The van der Waals surface area contributed by atoms with Crippen LogP contribution in [-0.2, 0) is 31.6 Å². The molecule has 50 heavy (non-hydrogen) atoms. The van der Waals surface area contributed by atoms with Crippen LogP contribution in [0.25, 0.3) is 0 Å². The van der Waals surface area contributed by atoms with Gasteiger partial charge in [0.2, 0.25) is 11.8 Å². The molecule has 1 saturated heterocycles. The molecule has 6 rings (SSSR count). The number of amides is 3. The zero-order valence-electron chi connectivity index (χ0n) is 28.3. The smallest absolute Gasteiger partial charge is 0.333 e. The number of likely N-dealkylation sites (tertiary alicyclic amines) is 1. The average Bonchev–Trinajstić information content (AvgIpc) is 3.15.